The summed E-state index contributed by atoms with van der Waals surface area (Å²) < 4.78 is 5.05. The molecule has 1 saturated carbocycles. The Morgan fingerprint density at radius 3 is 2.52 bits per heavy atom. The quantitative estimate of drug-likeness (QED) is 0.568. The van der Waals surface area contributed by atoms with Crippen LogP contribution < -0.4 is 5.32 Å². The molecule has 2 atom stereocenters. The molecule has 0 amide bonds. The van der Waals surface area contributed by atoms with Gasteiger partial charge in [0, 0.05) is 12.0 Å². The maximum atomic E-state index is 11.7. The molecule has 166 valence electrons. The van der Waals surface area contributed by atoms with Crippen molar-refractivity contribution in [3.63, 3.8) is 0 Å². The Labute approximate surface area is 187 Å². The van der Waals surface area contributed by atoms with Gasteiger partial charge in [0.1, 0.15) is 0 Å². The van der Waals surface area contributed by atoms with Gasteiger partial charge in [-0.15, -0.1) is 0 Å². The Bertz CT molecular complexity index is 813. The van der Waals surface area contributed by atoms with Gasteiger partial charge in [-0.1, -0.05) is 42.5 Å². The first-order valence-electron chi connectivity index (χ1n) is 12.0. The minimum Gasteiger partial charge on any atom is -0.462 e. The van der Waals surface area contributed by atoms with Crippen LogP contribution >= 0.6 is 0 Å². The van der Waals surface area contributed by atoms with Crippen LogP contribution in [0.3, 0.4) is 0 Å². The van der Waals surface area contributed by atoms with Gasteiger partial charge in [-0.3, -0.25) is 0 Å². The second-order valence-electron chi connectivity index (χ2n) is 9.07. The van der Waals surface area contributed by atoms with E-state index in [4.69, 9.17) is 4.74 Å². The number of hydrogen-bond acceptors (Lipinski definition) is 4. The highest BCUT2D eigenvalue weighted by Gasteiger charge is 2.38. The highest BCUT2D eigenvalue weighted by atomic mass is 16.5. The van der Waals surface area contributed by atoms with E-state index in [-0.39, 0.29) is 5.97 Å². The van der Waals surface area contributed by atoms with Crippen LogP contribution in [0.25, 0.3) is 0 Å². The van der Waals surface area contributed by atoms with Crippen molar-refractivity contribution in [1.82, 2.24) is 10.2 Å². The van der Waals surface area contributed by atoms with Crippen LogP contribution in [0.1, 0.15) is 60.0 Å². The van der Waals surface area contributed by atoms with Crippen molar-refractivity contribution in [2.24, 2.45) is 5.92 Å². The average molecular weight is 421 g/mol. The highest BCUT2D eigenvalue weighted by Crippen LogP contribution is 2.40. The number of carbonyl (C=O) groups excluding carboxylic acids is 1. The molecular formula is C27H36N2O2. The third-order valence-electron chi connectivity index (χ3n) is 6.80. The van der Waals surface area contributed by atoms with Gasteiger partial charge >= 0.3 is 5.97 Å². The number of ether oxygens (including phenoxy) is 1. The summed E-state index contributed by atoms with van der Waals surface area (Å²) in [6.07, 6.45) is 6.15. The molecule has 0 aromatic heterocycles. The molecule has 1 aliphatic carbocycles. The summed E-state index contributed by atoms with van der Waals surface area (Å²) in [5, 5.41) is 3.82. The number of aryl methyl sites for hydroxylation is 1. The predicted molar refractivity (Wildman–Crippen MR) is 125 cm³/mol. The normalized spacial score (nSPS) is 21.7. The van der Waals surface area contributed by atoms with Gasteiger partial charge < -0.3 is 15.0 Å². The van der Waals surface area contributed by atoms with Crippen molar-refractivity contribution in [3.05, 3.63) is 71.3 Å². The topological polar surface area (TPSA) is 41.6 Å². The minimum absolute atomic E-state index is 0.233. The summed E-state index contributed by atoms with van der Waals surface area (Å²) >= 11 is 0. The zero-order chi connectivity index (χ0) is 21.5. The lowest BCUT2D eigenvalue weighted by Gasteiger charge is -2.32. The Morgan fingerprint density at radius 1 is 1.06 bits per heavy atom. The Hall–Kier alpha value is -2.17. The minimum atomic E-state index is -0.233. The van der Waals surface area contributed by atoms with Gasteiger partial charge in [-0.05, 0) is 94.4 Å². The number of esters is 1. The summed E-state index contributed by atoms with van der Waals surface area (Å²) in [4.78, 5) is 14.4. The number of piperidine rings is 1. The van der Waals surface area contributed by atoms with Gasteiger partial charge in [-0.2, -0.15) is 0 Å². The van der Waals surface area contributed by atoms with Crippen molar-refractivity contribution in [2.75, 3.05) is 32.8 Å². The van der Waals surface area contributed by atoms with Gasteiger partial charge in [0.25, 0.3) is 0 Å². The van der Waals surface area contributed by atoms with Gasteiger partial charge in [0.05, 0.1) is 12.2 Å². The van der Waals surface area contributed by atoms with Crippen molar-refractivity contribution in [3.8, 4) is 0 Å². The average Bonchev–Trinajstić information content (AvgIpc) is 3.60. The molecule has 1 unspecified atom stereocenters. The second-order valence-corrected chi connectivity index (χ2v) is 9.07. The molecule has 4 heteroatoms. The number of nitrogens with zero attached hydrogens (tertiary/aromatic N) is 1. The van der Waals surface area contributed by atoms with E-state index < -0.39 is 0 Å². The summed E-state index contributed by atoms with van der Waals surface area (Å²) in [5.74, 6) is 1.32. The predicted octanol–water partition coefficient (Wildman–Crippen LogP) is 4.65. The van der Waals surface area contributed by atoms with E-state index in [0.717, 1.165) is 18.3 Å². The fourth-order valence-corrected chi connectivity index (χ4v) is 4.75. The number of hydrogen-bond donors (Lipinski definition) is 1. The van der Waals surface area contributed by atoms with E-state index in [1.54, 1.807) is 0 Å². The van der Waals surface area contributed by atoms with Gasteiger partial charge in [-0.25, -0.2) is 4.79 Å². The standard InChI is InChI=1S/C27H36N2O2/c1-2-31-27(30)24-12-10-21(11-13-24)7-6-16-29-17-14-22(15-18-29)20-28-26-19-25(26)23-8-4-3-5-9-23/h3-5,8-13,22,25-26,28H,2,6-7,14-20H2,1H3/t25-,26?/m0/s1. The van der Waals surface area contributed by atoms with E-state index in [2.05, 4.69) is 52.7 Å². The van der Waals surface area contributed by atoms with Crippen molar-refractivity contribution in [1.29, 1.82) is 0 Å². The first-order chi connectivity index (χ1) is 15.2. The molecule has 0 radical (unpaired) electrons. The Balaban J connectivity index is 1.09. The lowest BCUT2D eigenvalue weighted by Crippen LogP contribution is -2.38. The lowest BCUT2D eigenvalue weighted by atomic mass is 9.96. The molecule has 4 nitrogen and oxygen atoms in total. The zero-order valence-corrected chi connectivity index (χ0v) is 18.8. The fourth-order valence-electron chi connectivity index (χ4n) is 4.75. The maximum absolute atomic E-state index is 11.7. The summed E-state index contributed by atoms with van der Waals surface area (Å²) in [6.45, 7) is 7.04. The third kappa shape index (κ3) is 6.41. The van der Waals surface area contributed by atoms with Crippen LogP contribution in [-0.2, 0) is 11.2 Å². The van der Waals surface area contributed by atoms with E-state index in [1.807, 2.05) is 19.1 Å². The molecule has 1 heterocycles. The molecule has 0 bridgehead atoms. The number of likely N-dealkylation sites (tertiary alicyclic amines) is 1. The largest absolute Gasteiger partial charge is 0.462 e. The van der Waals surface area contributed by atoms with Crippen LogP contribution in [0.4, 0.5) is 0 Å². The summed E-state index contributed by atoms with van der Waals surface area (Å²) in [6, 6.07) is 19.5. The van der Waals surface area contributed by atoms with Crippen molar-refractivity contribution < 1.29 is 9.53 Å². The Kier molecular flexibility index (Phi) is 7.76. The van der Waals surface area contributed by atoms with E-state index in [0.29, 0.717) is 18.2 Å². The summed E-state index contributed by atoms with van der Waals surface area (Å²) in [7, 11) is 0. The van der Waals surface area contributed by atoms with Crippen LogP contribution in [0.5, 0.6) is 0 Å². The molecule has 2 aliphatic rings. The van der Waals surface area contributed by atoms with Crippen LogP contribution in [0, 0.1) is 5.92 Å². The molecule has 1 N–H and O–H groups in total. The molecule has 2 fully saturated rings. The van der Waals surface area contributed by atoms with Crippen LogP contribution in [0.15, 0.2) is 54.6 Å². The SMILES string of the molecule is CCOC(=O)c1ccc(CCCN2CCC(CNC3C[C@H]3c3ccccc3)CC2)cc1. The third-order valence-corrected chi connectivity index (χ3v) is 6.80. The van der Waals surface area contributed by atoms with E-state index in [9.17, 15) is 4.79 Å². The molecule has 31 heavy (non-hydrogen) atoms. The first kappa shape index (κ1) is 22.0. The fraction of sp³-hybridized carbons (Fsp3) is 0.519. The monoisotopic (exact) mass is 420 g/mol. The first-order valence-corrected chi connectivity index (χ1v) is 12.0. The highest BCUT2D eigenvalue weighted by molar-refractivity contribution is 5.89. The number of nitrogens with one attached hydrogen (secondary N) is 1. The molecule has 1 aliphatic heterocycles. The van der Waals surface area contributed by atoms with Crippen molar-refractivity contribution >= 4 is 5.97 Å². The molecular weight excluding hydrogens is 384 g/mol. The Morgan fingerprint density at radius 2 is 1.81 bits per heavy atom. The van der Waals surface area contributed by atoms with E-state index in [1.165, 1.54) is 63.0 Å². The van der Waals surface area contributed by atoms with Gasteiger partial charge in [0.2, 0.25) is 0 Å². The summed E-state index contributed by atoms with van der Waals surface area (Å²) in [5.41, 5.74) is 3.43. The second kappa shape index (κ2) is 10.9. The molecule has 1 saturated heterocycles. The molecule has 4 rings (SSSR count). The zero-order valence-electron chi connectivity index (χ0n) is 18.8. The molecule has 0 spiro atoms. The number of benzene rings is 2. The van der Waals surface area contributed by atoms with E-state index >= 15 is 0 Å². The smallest absolute Gasteiger partial charge is 0.338 e. The van der Waals surface area contributed by atoms with Crippen LogP contribution in [0.2, 0.25) is 0 Å². The number of rotatable bonds is 10. The molecule has 2 aromatic rings. The van der Waals surface area contributed by atoms with Crippen LogP contribution in [-0.4, -0.2) is 49.7 Å². The lowest BCUT2D eigenvalue weighted by molar-refractivity contribution is 0.0526. The molecule has 2 aromatic carbocycles. The maximum Gasteiger partial charge on any atom is 0.338 e. The number of carbonyl (C=O) groups is 1. The van der Waals surface area contributed by atoms with Crippen molar-refractivity contribution in [2.45, 2.75) is 51.0 Å². The van der Waals surface area contributed by atoms with Gasteiger partial charge in [0.15, 0.2) is 0 Å².